The largest absolute Gasteiger partial charge is 0.379 e. The summed E-state index contributed by atoms with van der Waals surface area (Å²) in [6.45, 7) is 7.80. The van der Waals surface area contributed by atoms with Crippen LogP contribution in [0, 0.1) is 0 Å². The Morgan fingerprint density at radius 2 is 1.96 bits per heavy atom. The first-order valence-corrected chi connectivity index (χ1v) is 11.7. The van der Waals surface area contributed by atoms with E-state index >= 15 is 0 Å². The van der Waals surface area contributed by atoms with Crippen molar-refractivity contribution in [3.8, 4) is 0 Å². The lowest BCUT2D eigenvalue weighted by Crippen LogP contribution is -2.46. The van der Waals surface area contributed by atoms with Gasteiger partial charge in [0.05, 0.1) is 5.54 Å². The Balaban J connectivity index is 1.86. The summed E-state index contributed by atoms with van der Waals surface area (Å²) < 4.78 is 27.4. The average Bonchev–Trinajstić information content (AvgIpc) is 3.16. The zero-order chi connectivity index (χ0) is 19.7. The average molecular weight is 410 g/mol. The Kier molecular flexibility index (Phi) is 5.88. The van der Waals surface area contributed by atoms with Gasteiger partial charge in [-0.2, -0.15) is 11.8 Å². The Morgan fingerprint density at radius 3 is 2.56 bits per heavy atom. The summed E-state index contributed by atoms with van der Waals surface area (Å²) in [6.07, 6.45) is 1.15. The van der Waals surface area contributed by atoms with Crippen molar-refractivity contribution in [2.24, 2.45) is 0 Å². The van der Waals surface area contributed by atoms with E-state index in [0.717, 1.165) is 29.6 Å². The van der Waals surface area contributed by atoms with Gasteiger partial charge in [0.2, 0.25) is 0 Å². The molecule has 2 aliphatic heterocycles. The van der Waals surface area contributed by atoms with Crippen LogP contribution in [-0.2, 0) is 14.8 Å². The minimum absolute atomic E-state index is 0.0792. The van der Waals surface area contributed by atoms with Crippen LogP contribution < -0.4 is 10.6 Å². The van der Waals surface area contributed by atoms with E-state index in [1.165, 1.54) is 0 Å². The molecule has 1 atom stereocenters. The normalized spacial score (nSPS) is 22.6. The van der Waals surface area contributed by atoms with Crippen molar-refractivity contribution in [1.29, 1.82) is 0 Å². The highest BCUT2D eigenvalue weighted by molar-refractivity contribution is 8.00. The van der Waals surface area contributed by atoms with E-state index in [1.54, 1.807) is 45.0 Å². The number of thioether (sulfide) groups is 1. The first-order valence-electron chi connectivity index (χ1n) is 9.18. The molecule has 8 heteroatoms. The molecule has 3 rings (SSSR count). The number of nitrogens with one attached hydrogen (secondary N) is 2. The van der Waals surface area contributed by atoms with Gasteiger partial charge in [0.15, 0.2) is 0 Å². The third kappa shape index (κ3) is 4.17. The summed E-state index contributed by atoms with van der Waals surface area (Å²) >= 11 is 1.85. The number of hydrogen-bond acceptors (Lipinski definition) is 6. The predicted molar refractivity (Wildman–Crippen MR) is 111 cm³/mol. The smallest absolute Gasteiger partial charge is 0.285 e. The summed E-state index contributed by atoms with van der Waals surface area (Å²) in [5, 5.41) is 7.05. The van der Waals surface area contributed by atoms with E-state index in [9.17, 15) is 13.2 Å². The van der Waals surface area contributed by atoms with E-state index in [0.29, 0.717) is 17.4 Å². The van der Waals surface area contributed by atoms with Crippen LogP contribution in [0.4, 0.5) is 0 Å². The van der Waals surface area contributed by atoms with Gasteiger partial charge < -0.3 is 10.6 Å². The molecule has 0 aliphatic carbocycles. The lowest BCUT2D eigenvalue weighted by Gasteiger charge is -2.30. The zero-order valence-electron chi connectivity index (χ0n) is 16.0. The molecule has 2 aliphatic rings. The standard InChI is InChI=1S/C19H27N3O3S2/c1-19(2,3)22-18(23)16(21-11-12-26-15-9-10-20-13-15)17(27(22,24)25)14-7-5-4-6-8-14/h4-8,15,20-21H,9-13H2,1-3H3. The summed E-state index contributed by atoms with van der Waals surface area (Å²) in [4.78, 5) is 13.1. The van der Waals surface area contributed by atoms with E-state index in [-0.39, 0.29) is 10.6 Å². The van der Waals surface area contributed by atoms with Crippen molar-refractivity contribution in [2.45, 2.75) is 38.0 Å². The van der Waals surface area contributed by atoms with Gasteiger partial charge in [-0.3, -0.25) is 4.79 Å². The molecular weight excluding hydrogens is 382 g/mol. The third-order valence-electron chi connectivity index (χ3n) is 4.54. The second kappa shape index (κ2) is 7.85. The van der Waals surface area contributed by atoms with Gasteiger partial charge in [-0.1, -0.05) is 30.3 Å². The second-order valence-corrected chi connectivity index (χ2v) is 10.9. The molecule has 148 valence electrons. The lowest BCUT2D eigenvalue weighted by molar-refractivity contribution is -0.125. The fraction of sp³-hybridized carbons (Fsp3) is 0.526. The number of amides is 1. The van der Waals surface area contributed by atoms with Gasteiger partial charge in [-0.05, 0) is 39.3 Å². The monoisotopic (exact) mass is 409 g/mol. The van der Waals surface area contributed by atoms with Crippen molar-refractivity contribution in [3.05, 3.63) is 41.6 Å². The molecule has 1 aromatic carbocycles. The number of benzene rings is 1. The second-order valence-electron chi connectivity index (χ2n) is 7.73. The summed E-state index contributed by atoms with van der Waals surface area (Å²) in [5.41, 5.74) is -0.113. The molecule has 2 N–H and O–H groups in total. The number of hydrogen-bond donors (Lipinski definition) is 2. The Morgan fingerprint density at radius 1 is 1.26 bits per heavy atom. The van der Waals surface area contributed by atoms with Crippen molar-refractivity contribution in [2.75, 3.05) is 25.4 Å². The minimum Gasteiger partial charge on any atom is -0.379 e. The summed E-state index contributed by atoms with van der Waals surface area (Å²) in [7, 11) is -3.91. The van der Waals surface area contributed by atoms with Crippen molar-refractivity contribution >= 4 is 32.6 Å². The van der Waals surface area contributed by atoms with Crippen molar-refractivity contribution < 1.29 is 13.2 Å². The summed E-state index contributed by atoms with van der Waals surface area (Å²) in [6, 6.07) is 8.85. The molecule has 0 aromatic heterocycles. The molecule has 0 spiro atoms. The number of carbonyl (C=O) groups excluding carboxylic acids is 1. The van der Waals surface area contributed by atoms with Gasteiger partial charge in [0, 0.05) is 24.1 Å². The number of sulfonamides is 1. The van der Waals surface area contributed by atoms with Crippen LogP contribution >= 0.6 is 11.8 Å². The SMILES string of the molecule is CC(C)(C)N1C(=O)C(NCCSC2CCNC2)=C(c2ccccc2)S1(=O)=O. The van der Waals surface area contributed by atoms with Crippen LogP contribution in [0.1, 0.15) is 32.8 Å². The van der Waals surface area contributed by atoms with E-state index in [1.807, 2.05) is 17.8 Å². The Labute approximate surface area is 165 Å². The Bertz CT molecular complexity index is 824. The molecule has 1 fully saturated rings. The molecular formula is C19H27N3O3S2. The van der Waals surface area contributed by atoms with Crippen LogP contribution in [0.25, 0.3) is 4.91 Å². The maximum atomic E-state index is 13.2. The number of nitrogens with zero attached hydrogens (tertiary/aromatic N) is 1. The topological polar surface area (TPSA) is 78.5 Å². The van der Waals surface area contributed by atoms with Crippen LogP contribution in [0.2, 0.25) is 0 Å². The molecule has 1 amide bonds. The van der Waals surface area contributed by atoms with Crippen LogP contribution in [-0.4, -0.2) is 54.8 Å². The van der Waals surface area contributed by atoms with Gasteiger partial charge in [-0.15, -0.1) is 0 Å². The zero-order valence-corrected chi connectivity index (χ0v) is 17.6. The predicted octanol–water partition coefficient (Wildman–Crippen LogP) is 2.01. The van der Waals surface area contributed by atoms with Gasteiger partial charge >= 0.3 is 0 Å². The van der Waals surface area contributed by atoms with E-state index in [2.05, 4.69) is 10.6 Å². The first-order chi connectivity index (χ1) is 12.7. The molecule has 27 heavy (non-hydrogen) atoms. The molecule has 1 aromatic rings. The summed E-state index contributed by atoms with van der Waals surface area (Å²) in [5.74, 6) is 0.342. The Hall–Kier alpha value is -1.51. The first kappa shape index (κ1) is 20.2. The van der Waals surface area contributed by atoms with Gasteiger partial charge in [0.25, 0.3) is 15.9 Å². The molecule has 6 nitrogen and oxygen atoms in total. The molecule has 1 saturated heterocycles. The molecule has 0 saturated carbocycles. The van der Waals surface area contributed by atoms with Gasteiger partial charge in [0.1, 0.15) is 10.6 Å². The minimum atomic E-state index is -3.91. The van der Waals surface area contributed by atoms with E-state index < -0.39 is 21.5 Å². The van der Waals surface area contributed by atoms with Crippen molar-refractivity contribution in [1.82, 2.24) is 14.9 Å². The van der Waals surface area contributed by atoms with Crippen LogP contribution in [0.15, 0.2) is 36.0 Å². The highest BCUT2D eigenvalue weighted by atomic mass is 32.2. The molecule has 0 bridgehead atoms. The lowest BCUT2D eigenvalue weighted by atomic mass is 10.1. The van der Waals surface area contributed by atoms with Gasteiger partial charge in [-0.25, -0.2) is 12.7 Å². The van der Waals surface area contributed by atoms with Crippen LogP contribution in [0.3, 0.4) is 0 Å². The molecule has 1 unspecified atom stereocenters. The highest BCUT2D eigenvalue weighted by Gasteiger charge is 2.49. The molecule has 2 heterocycles. The maximum Gasteiger partial charge on any atom is 0.285 e. The fourth-order valence-electron chi connectivity index (χ4n) is 3.40. The quantitative estimate of drug-likeness (QED) is 0.700. The molecule has 0 radical (unpaired) electrons. The highest BCUT2D eigenvalue weighted by Crippen LogP contribution is 2.38. The fourth-order valence-corrected chi connectivity index (χ4v) is 6.54. The third-order valence-corrected chi connectivity index (χ3v) is 8.01. The van der Waals surface area contributed by atoms with Crippen molar-refractivity contribution in [3.63, 3.8) is 0 Å². The number of carbonyl (C=O) groups is 1. The van der Waals surface area contributed by atoms with Crippen LogP contribution in [0.5, 0.6) is 0 Å². The van der Waals surface area contributed by atoms with E-state index in [4.69, 9.17) is 0 Å². The number of rotatable bonds is 6. The maximum absolute atomic E-state index is 13.2.